The van der Waals surface area contributed by atoms with Crippen LogP contribution >= 0.6 is 23.2 Å². The lowest BCUT2D eigenvalue weighted by molar-refractivity contribution is 0.0719. The fourth-order valence-electron chi connectivity index (χ4n) is 3.97. The minimum absolute atomic E-state index is 0.106. The summed E-state index contributed by atoms with van der Waals surface area (Å²) in [5, 5.41) is 15.8. The van der Waals surface area contributed by atoms with Gasteiger partial charge in [-0.2, -0.15) is 0 Å². The molecule has 186 valence electrons. The molecule has 9 nitrogen and oxygen atoms in total. The molecule has 3 rings (SSSR count). The van der Waals surface area contributed by atoms with Crippen molar-refractivity contribution in [1.29, 1.82) is 0 Å². The lowest BCUT2D eigenvalue weighted by Crippen LogP contribution is -2.47. The van der Waals surface area contributed by atoms with Gasteiger partial charge in [0.2, 0.25) is 0 Å². The maximum Gasteiger partial charge on any atom is 0.408 e. The maximum atomic E-state index is 13.8. The number of nitrogens with zero attached hydrogens (tertiary/aromatic N) is 3. The molecule has 1 unspecified atom stereocenters. The number of hydrogen-bond acceptors (Lipinski definition) is 4. The van der Waals surface area contributed by atoms with E-state index in [9.17, 15) is 19.5 Å². The largest absolute Gasteiger partial charge is 0.465 e. The maximum absolute atomic E-state index is 13.8. The van der Waals surface area contributed by atoms with Gasteiger partial charge in [-0.15, -0.1) is 0 Å². The van der Waals surface area contributed by atoms with E-state index in [1.807, 2.05) is 0 Å². The van der Waals surface area contributed by atoms with Crippen molar-refractivity contribution >= 4 is 51.9 Å². The molecule has 3 aromatic rings. The number of aromatic nitrogens is 2. The van der Waals surface area contributed by atoms with Gasteiger partial charge >= 0.3 is 12.1 Å². The van der Waals surface area contributed by atoms with E-state index < -0.39 is 29.3 Å². The zero-order valence-electron chi connectivity index (χ0n) is 20.0. The summed E-state index contributed by atoms with van der Waals surface area (Å²) in [6.07, 6.45) is -1.17. The van der Waals surface area contributed by atoms with Gasteiger partial charge in [0.25, 0.3) is 5.56 Å². The molecule has 3 amide bonds. The van der Waals surface area contributed by atoms with Crippen molar-refractivity contribution in [3.63, 3.8) is 0 Å². The van der Waals surface area contributed by atoms with Gasteiger partial charge in [-0.25, -0.2) is 14.6 Å². The molecule has 0 saturated carbocycles. The molecule has 0 aliphatic heterocycles. The highest BCUT2D eigenvalue weighted by Gasteiger charge is 2.35. The van der Waals surface area contributed by atoms with Crippen molar-refractivity contribution in [1.82, 2.24) is 19.8 Å². The number of rotatable bonds is 5. The van der Waals surface area contributed by atoms with Crippen molar-refractivity contribution in [2.75, 3.05) is 11.9 Å². The Kier molecular flexibility index (Phi) is 7.62. The van der Waals surface area contributed by atoms with E-state index in [4.69, 9.17) is 23.2 Å². The summed E-state index contributed by atoms with van der Waals surface area (Å²) in [6, 6.07) is 8.39. The number of anilines is 1. The van der Waals surface area contributed by atoms with Crippen LogP contribution in [0.2, 0.25) is 10.0 Å². The highest BCUT2D eigenvalue weighted by atomic mass is 35.5. The van der Waals surface area contributed by atoms with Crippen LogP contribution in [0.4, 0.5) is 15.3 Å². The van der Waals surface area contributed by atoms with E-state index in [-0.39, 0.29) is 26.8 Å². The van der Waals surface area contributed by atoms with E-state index in [2.05, 4.69) is 15.6 Å². The zero-order valence-corrected chi connectivity index (χ0v) is 21.5. The van der Waals surface area contributed by atoms with Crippen LogP contribution in [0.3, 0.4) is 0 Å². The first-order chi connectivity index (χ1) is 16.4. The predicted molar refractivity (Wildman–Crippen MR) is 138 cm³/mol. The normalized spacial score (nSPS) is 12.3. The first-order valence-electron chi connectivity index (χ1n) is 10.9. The van der Waals surface area contributed by atoms with Crippen molar-refractivity contribution in [2.45, 2.75) is 46.2 Å². The van der Waals surface area contributed by atoms with Gasteiger partial charge < -0.3 is 15.7 Å². The molecule has 0 aliphatic rings. The predicted octanol–water partition coefficient (Wildman–Crippen LogP) is 5.67. The molecule has 1 heterocycles. The molecule has 1 atom stereocenters. The molecule has 0 saturated heterocycles. The monoisotopic (exact) mass is 519 g/mol. The Morgan fingerprint density at radius 3 is 2.43 bits per heavy atom. The third-order valence-electron chi connectivity index (χ3n) is 5.34. The second-order valence-corrected chi connectivity index (χ2v) is 9.71. The fraction of sp³-hybridized carbons (Fsp3) is 0.333. The highest BCUT2D eigenvalue weighted by molar-refractivity contribution is 6.39. The van der Waals surface area contributed by atoms with Crippen LogP contribution in [-0.4, -0.2) is 43.8 Å². The third-order valence-corrected chi connectivity index (χ3v) is 5.96. The number of halogens is 2. The number of carbonyl (C=O) groups excluding carboxylic acids is 1. The summed E-state index contributed by atoms with van der Waals surface area (Å²) < 4.78 is 1.31. The number of hydrogen-bond donors (Lipinski definition) is 3. The van der Waals surface area contributed by atoms with Crippen LogP contribution in [0.25, 0.3) is 16.6 Å². The van der Waals surface area contributed by atoms with Crippen LogP contribution in [0.1, 0.15) is 46.5 Å². The van der Waals surface area contributed by atoms with Gasteiger partial charge in [-0.05, 0) is 65.0 Å². The Bertz CT molecular complexity index is 1350. The average molecular weight is 520 g/mol. The Balaban J connectivity index is 2.35. The van der Waals surface area contributed by atoms with Crippen LogP contribution in [-0.2, 0) is 0 Å². The Hall–Kier alpha value is -3.30. The number of nitrogens with one attached hydrogen (secondary N) is 2. The summed E-state index contributed by atoms with van der Waals surface area (Å²) in [5.74, 6) is 0.152. The average Bonchev–Trinajstić information content (AvgIpc) is 2.74. The fourth-order valence-corrected chi connectivity index (χ4v) is 4.40. The highest BCUT2D eigenvalue weighted by Crippen LogP contribution is 2.32. The van der Waals surface area contributed by atoms with E-state index in [1.165, 1.54) is 21.6 Å². The Morgan fingerprint density at radius 1 is 1.17 bits per heavy atom. The molecule has 0 bridgehead atoms. The van der Waals surface area contributed by atoms with Gasteiger partial charge in [0.1, 0.15) is 5.82 Å². The van der Waals surface area contributed by atoms with E-state index >= 15 is 0 Å². The van der Waals surface area contributed by atoms with Crippen LogP contribution in [0.15, 0.2) is 41.2 Å². The van der Waals surface area contributed by atoms with E-state index in [0.717, 1.165) is 0 Å². The molecule has 35 heavy (non-hydrogen) atoms. The van der Waals surface area contributed by atoms with E-state index in [1.54, 1.807) is 58.9 Å². The van der Waals surface area contributed by atoms with E-state index in [0.29, 0.717) is 17.9 Å². The summed E-state index contributed by atoms with van der Waals surface area (Å²) in [5.41, 5.74) is -0.336. The lowest BCUT2D eigenvalue weighted by Gasteiger charge is -2.38. The van der Waals surface area contributed by atoms with Gasteiger partial charge in [-0.3, -0.25) is 14.3 Å². The number of fused-ring (bicyclic) bond motifs is 1. The Labute approximate surface area is 212 Å². The topological polar surface area (TPSA) is 117 Å². The number of carboxylic acid groups (broad SMARTS) is 1. The molecular weight excluding hydrogens is 493 g/mol. The van der Waals surface area contributed by atoms with Crippen molar-refractivity contribution < 1.29 is 14.7 Å². The molecule has 1 aromatic heterocycles. The first-order valence-corrected chi connectivity index (χ1v) is 11.7. The van der Waals surface area contributed by atoms with Gasteiger partial charge in [0, 0.05) is 17.8 Å². The second-order valence-electron chi connectivity index (χ2n) is 8.90. The Morgan fingerprint density at radius 2 is 1.83 bits per heavy atom. The summed E-state index contributed by atoms with van der Waals surface area (Å²) in [6.45, 7) is 9.14. The minimum Gasteiger partial charge on any atom is -0.465 e. The molecule has 3 N–H and O–H groups in total. The lowest BCUT2D eigenvalue weighted by atomic mass is 10.0. The van der Waals surface area contributed by atoms with Crippen LogP contribution < -0.4 is 16.2 Å². The molecule has 2 aromatic carbocycles. The minimum atomic E-state index is -1.17. The standard InChI is InChI=1S/C24H27Cl2N5O4/c1-6-27-22(33)28-14-8-7-9-15(12-14)30-20(13(2)31(23(34)35)24(3,4)5)29-19-17(26)11-10-16(25)18(19)21(30)32/h7-13H,6H2,1-5H3,(H,34,35)(H2,27,28,33). The first kappa shape index (κ1) is 26.3. The van der Waals surface area contributed by atoms with Gasteiger partial charge in [0.05, 0.1) is 32.7 Å². The molecular formula is C24H27Cl2N5O4. The quantitative estimate of drug-likeness (QED) is 0.401. The third kappa shape index (κ3) is 5.36. The van der Waals surface area contributed by atoms with Crippen LogP contribution in [0.5, 0.6) is 0 Å². The SMILES string of the molecule is CCNC(=O)Nc1cccc(-n2c(C(C)N(C(=O)O)C(C)(C)C)nc3c(Cl)ccc(Cl)c3c2=O)c1. The molecule has 0 fully saturated rings. The summed E-state index contributed by atoms with van der Waals surface area (Å²) in [4.78, 5) is 43.9. The number of amides is 3. The number of carbonyl (C=O) groups is 2. The number of urea groups is 1. The summed E-state index contributed by atoms with van der Waals surface area (Å²) in [7, 11) is 0. The van der Waals surface area contributed by atoms with Crippen molar-refractivity contribution in [3.8, 4) is 5.69 Å². The smallest absolute Gasteiger partial charge is 0.408 e. The van der Waals surface area contributed by atoms with Gasteiger partial charge in [0.15, 0.2) is 0 Å². The summed E-state index contributed by atoms with van der Waals surface area (Å²) >= 11 is 12.7. The van der Waals surface area contributed by atoms with Gasteiger partial charge in [-0.1, -0.05) is 29.3 Å². The molecule has 11 heteroatoms. The molecule has 0 aliphatic carbocycles. The van der Waals surface area contributed by atoms with Crippen molar-refractivity contribution in [2.24, 2.45) is 0 Å². The molecule has 0 spiro atoms. The number of benzene rings is 2. The zero-order chi connectivity index (χ0) is 26.1. The van der Waals surface area contributed by atoms with Crippen LogP contribution in [0, 0.1) is 0 Å². The van der Waals surface area contributed by atoms with Crippen molar-refractivity contribution in [3.05, 3.63) is 62.6 Å². The molecule has 0 radical (unpaired) electrons. The second kappa shape index (κ2) is 10.1.